The molecule has 2 aliphatic heterocycles. The summed E-state index contributed by atoms with van der Waals surface area (Å²) >= 11 is 0. The van der Waals surface area contributed by atoms with Gasteiger partial charge in [0.2, 0.25) is 0 Å². The maximum Gasteiger partial charge on any atom is 0.00671 e. The van der Waals surface area contributed by atoms with Crippen LogP contribution < -0.4 is 5.32 Å². The summed E-state index contributed by atoms with van der Waals surface area (Å²) < 4.78 is 0. The monoisotopic (exact) mass is 224 g/mol. The van der Waals surface area contributed by atoms with Crippen LogP contribution in [-0.2, 0) is 0 Å². The number of nitrogens with zero attached hydrogens (tertiary/aromatic N) is 1. The molecule has 0 aromatic heterocycles. The topological polar surface area (TPSA) is 15.3 Å². The smallest absolute Gasteiger partial charge is 0.00671 e. The predicted molar refractivity (Wildman–Crippen MR) is 69.6 cm³/mol. The maximum absolute atomic E-state index is 3.57. The van der Waals surface area contributed by atoms with Gasteiger partial charge >= 0.3 is 0 Å². The molecule has 1 N–H and O–H groups in total. The Balaban J connectivity index is 1.99. The molecule has 94 valence electrons. The van der Waals surface area contributed by atoms with Crippen molar-refractivity contribution in [2.24, 2.45) is 11.3 Å². The number of piperidine rings is 1. The Morgan fingerprint density at radius 1 is 1.38 bits per heavy atom. The quantitative estimate of drug-likeness (QED) is 0.792. The van der Waals surface area contributed by atoms with E-state index in [1.54, 1.807) is 0 Å². The molecule has 2 heterocycles. The van der Waals surface area contributed by atoms with Crippen molar-refractivity contribution in [2.75, 3.05) is 26.2 Å². The van der Waals surface area contributed by atoms with Gasteiger partial charge in [-0.1, -0.05) is 20.3 Å². The van der Waals surface area contributed by atoms with E-state index in [1.807, 2.05) is 0 Å². The minimum absolute atomic E-state index is 0.547. The maximum atomic E-state index is 3.57. The Labute approximate surface area is 101 Å². The van der Waals surface area contributed by atoms with Crippen molar-refractivity contribution in [1.29, 1.82) is 0 Å². The predicted octanol–water partition coefficient (Wildman–Crippen LogP) is 2.50. The Hall–Kier alpha value is -0.0800. The van der Waals surface area contributed by atoms with Crippen LogP contribution in [0.4, 0.5) is 0 Å². The van der Waals surface area contributed by atoms with Crippen LogP contribution in [-0.4, -0.2) is 37.1 Å². The first-order valence-corrected chi connectivity index (χ1v) is 7.09. The van der Waals surface area contributed by atoms with Crippen molar-refractivity contribution in [1.82, 2.24) is 10.2 Å². The highest BCUT2D eigenvalue weighted by molar-refractivity contribution is 4.94. The third-order valence-electron chi connectivity index (χ3n) is 4.96. The van der Waals surface area contributed by atoms with E-state index in [4.69, 9.17) is 0 Å². The Morgan fingerprint density at radius 2 is 2.19 bits per heavy atom. The van der Waals surface area contributed by atoms with Gasteiger partial charge in [-0.2, -0.15) is 0 Å². The third-order valence-corrected chi connectivity index (χ3v) is 4.96. The normalized spacial score (nSPS) is 37.1. The van der Waals surface area contributed by atoms with Gasteiger partial charge in [0.15, 0.2) is 0 Å². The van der Waals surface area contributed by atoms with Gasteiger partial charge in [0.05, 0.1) is 0 Å². The van der Waals surface area contributed by atoms with Gasteiger partial charge in [-0.3, -0.25) is 0 Å². The van der Waals surface area contributed by atoms with Crippen LogP contribution in [0.1, 0.15) is 46.5 Å². The van der Waals surface area contributed by atoms with Gasteiger partial charge in [0, 0.05) is 19.1 Å². The number of likely N-dealkylation sites (tertiary alicyclic amines) is 1. The second kappa shape index (κ2) is 5.05. The zero-order valence-electron chi connectivity index (χ0n) is 11.3. The molecule has 2 nitrogen and oxygen atoms in total. The fraction of sp³-hybridized carbons (Fsp3) is 1.00. The van der Waals surface area contributed by atoms with Crippen LogP contribution >= 0.6 is 0 Å². The van der Waals surface area contributed by atoms with Gasteiger partial charge in [-0.05, 0) is 50.6 Å². The molecule has 2 aliphatic rings. The molecule has 2 atom stereocenters. The minimum Gasteiger partial charge on any atom is -0.316 e. The number of hydrogen-bond donors (Lipinski definition) is 1. The van der Waals surface area contributed by atoms with Gasteiger partial charge < -0.3 is 10.2 Å². The SMILES string of the molecule is CC1CCCCN1CC1(C(C)C)CCNC1. The Bertz CT molecular complexity index is 219. The molecule has 2 heteroatoms. The summed E-state index contributed by atoms with van der Waals surface area (Å²) in [5.74, 6) is 0.802. The van der Waals surface area contributed by atoms with E-state index in [1.165, 1.54) is 51.9 Å². The molecule has 0 aromatic carbocycles. The summed E-state index contributed by atoms with van der Waals surface area (Å²) in [4.78, 5) is 2.75. The zero-order valence-corrected chi connectivity index (χ0v) is 11.3. The molecular weight excluding hydrogens is 196 g/mol. The van der Waals surface area contributed by atoms with Crippen LogP contribution in [0.3, 0.4) is 0 Å². The molecule has 0 amide bonds. The average molecular weight is 224 g/mol. The van der Waals surface area contributed by atoms with Crippen LogP contribution in [0.2, 0.25) is 0 Å². The van der Waals surface area contributed by atoms with E-state index in [2.05, 4.69) is 31.0 Å². The Morgan fingerprint density at radius 3 is 2.75 bits per heavy atom. The molecule has 0 bridgehead atoms. The fourth-order valence-corrected chi connectivity index (χ4v) is 3.37. The first kappa shape index (κ1) is 12.4. The average Bonchev–Trinajstić information content (AvgIpc) is 2.71. The van der Waals surface area contributed by atoms with Gasteiger partial charge in [0.25, 0.3) is 0 Å². The van der Waals surface area contributed by atoms with Crippen molar-refractivity contribution in [3.05, 3.63) is 0 Å². The summed E-state index contributed by atoms with van der Waals surface area (Å²) in [6.07, 6.45) is 5.62. The van der Waals surface area contributed by atoms with Crippen LogP contribution in [0, 0.1) is 11.3 Å². The standard InChI is InChI=1S/C14H28N2/c1-12(2)14(7-8-15-10-14)11-16-9-5-4-6-13(16)3/h12-13,15H,4-11H2,1-3H3. The first-order valence-electron chi connectivity index (χ1n) is 7.09. The number of nitrogens with one attached hydrogen (secondary N) is 1. The highest BCUT2D eigenvalue weighted by atomic mass is 15.2. The van der Waals surface area contributed by atoms with Crippen molar-refractivity contribution in [3.63, 3.8) is 0 Å². The molecular formula is C14H28N2. The van der Waals surface area contributed by atoms with E-state index >= 15 is 0 Å². The van der Waals surface area contributed by atoms with E-state index in [0.717, 1.165) is 12.0 Å². The lowest BCUT2D eigenvalue weighted by Gasteiger charge is -2.42. The second-order valence-corrected chi connectivity index (χ2v) is 6.26. The first-order chi connectivity index (χ1) is 7.64. The molecule has 0 spiro atoms. The lowest BCUT2D eigenvalue weighted by Crippen LogP contribution is -2.47. The number of rotatable bonds is 3. The lowest BCUT2D eigenvalue weighted by atomic mass is 9.75. The van der Waals surface area contributed by atoms with E-state index < -0.39 is 0 Å². The van der Waals surface area contributed by atoms with Gasteiger partial charge in [-0.25, -0.2) is 0 Å². The zero-order chi connectivity index (χ0) is 11.6. The molecule has 16 heavy (non-hydrogen) atoms. The van der Waals surface area contributed by atoms with Crippen LogP contribution in [0.15, 0.2) is 0 Å². The highest BCUT2D eigenvalue weighted by Crippen LogP contribution is 2.36. The van der Waals surface area contributed by atoms with E-state index in [0.29, 0.717) is 5.41 Å². The molecule has 0 aromatic rings. The molecule has 2 rings (SSSR count). The summed E-state index contributed by atoms with van der Waals surface area (Å²) in [7, 11) is 0. The molecule has 0 radical (unpaired) electrons. The second-order valence-electron chi connectivity index (χ2n) is 6.26. The number of hydrogen-bond acceptors (Lipinski definition) is 2. The minimum atomic E-state index is 0.547. The third kappa shape index (κ3) is 2.43. The fourth-order valence-electron chi connectivity index (χ4n) is 3.37. The van der Waals surface area contributed by atoms with Crippen LogP contribution in [0.5, 0.6) is 0 Å². The van der Waals surface area contributed by atoms with Gasteiger partial charge in [0.1, 0.15) is 0 Å². The van der Waals surface area contributed by atoms with Crippen LogP contribution in [0.25, 0.3) is 0 Å². The largest absolute Gasteiger partial charge is 0.316 e. The molecule has 2 saturated heterocycles. The van der Waals surface area contributed by atoms with E-state index in [-0.39, 0.29) is 0 Å². The van der Waals surface area contributed by atoms with Crippen molar-refractivity contribution in [2.45, 2.75) is 52.5 Å². The Kier molecular flexibility index (Phi) is 3.91. The van der Waals surface area contributed by atoms with Gasteiger partial charge in [-0.15, -0.1) is 0 Å². The summed E-state index contributed by atoms with van der Waals surface area (Å²) in [6.45, 7) is 12.3. The molecule has 2 fully saturated rings. The summed E-state index contributed by atoms with van der Waals surface area (Å²) in [6, 6.07) is 0.810. The summed E-state index contributed by atoms with van der Waals surface area (Å²) in [5, 5.41) is 3.57. The molecule has 0 aliphatic carbocycles. The van der Waals surface area contributed by atoms with E-state index in [9.17, 15) is 0 Å². The molecule has 2 unspecified atom stereocenters. The molecule has 0 saturated carbocycles. The summed E-state index contributed by atoms with van der Waals surface area (Å²) in [5.41, 5.74) is 0.547. The van der Waals surface area contributed by atoms with Crippen molar-refractivity contribution < 1.29 is 0 Å². The lowest BCUT2D eigenvalue weighted by molar-refractivity contribution is 0.0696. The van der Waals surface area contributed by atoms with Crippen molar-refractivity contribution >= 4 is 0 Å². The van der Waals surface area contributed by atoms with Crippen molar-refractivity contribution in [3.8, 4) is 0 Å². The highest BCUT2D eigenvalue weighted by Gasteiger charge is 2.39.